The minimum absolute atomic E-state index is 0. The molecule has 0 fully saturated rings. The van der Waals surface area contributed by atoms with Crippen LogP contribution in [0, 0.1) is 0 Å². The van der Waals surface area contributed by atoms with Gasteiger partial charge in [0.05, 0.1) is 7.05 Å². The number of halogens is 1. The molecule has 2 aromatic rings. The third-order valence-corrected chi connectivity index (χ3v) is 3.16. The lowest BCUT2D eigenvalue weighted by molar-refractivity contribution is -0.751. The van der Waals surface area contributed by atoms with E-state index in [4.69, 9.17) is 0 Å². The fourth-order valence-electron chi connectivity index (χ4n) is 1.80. The SMILES string of the molecule is CN(C)c1ccc(/C=C/c2cc[n+](C)n2C)cc1.[I-]. The highest BCUT2D eigenvalue weighted by molar-refractivity contribution is 5.68. The molecule has 0 aliphatic rings. The van der Waals surface area contributed by atoms with Gasteiger partial charge in [0.15, 0.2) is 13.2 Å². The molecular weight excluding hydrogens is 349 g/mol. The molecular formula is C15H20IN3. The van der Waals surface area contributed by atoms with Crippen LogP contribution in [0.2, 0.25) is 0 Å². The van der Waals surface area contributed by atoms with Crippen molar-refractivity contribution in [3.63, 3.8) is 0 Å². The maximum atomic E-state index is 2.13. The van der Waals surface area contributed by atoms with Crippen LogP contribution in [0.4, 0.5) is 5.69 Å². The van der Waals surface area contributed by atoms with E-state index in [-0.39, 0.29) is 24.0 Å². The summed E-state index contributed by atoms with van der Waals surface area (Å²) >= 11 is 0. The minimum atomic E-state index is 0. The fraction of sp³-hybridized carbons (Fsp3) is 0.267. The summed E-state index contributed by atoms with van der Waals surface area (Å²) in [5.74, 6) is 0. The van der Waals surface area contributed by atoms with Crippen molar-refractivity contribution in [2.24, 2.45) is 14.1 Å². The molecule has 0 atom stereocenters. The Labute approximate surface area is 132 Å². The zero-order chi connectivity index (χ0) is 13.1. The summed E-state index contributed by atoms with van der Waals surface area (Å²) in [5, 5.41) is 0. The van der Waals surface area contributed by atoms with Crippen molar-refractivity contribution in [2.45, 2.75) is 0 Å². The number of benzene rings is 1. The van der Waals surface area contributed by atoms with Crippen LogP contribution in [0.25, 0.3) is 12.2 Å². The van der Waals surface area contributed by atoms with E-state index in [9.17, 15) is 0 Å². The van der Waals surface area contributed by atoms with Gasteiger partial charge in [-0.05, 0) is 23.8 Å². The normalized spacial score (nSPS) is 10.5. The quantitative estimate of drug-likeness (QED) is 0.504. The van der Waals surface area contributed by atoms with Gasteiger partial charge in [-0.3, -0.25) is 0 Å². The third-order valence-electron chi connectivity index (χ3n) is 3.16. The lowest BCUT2D eigenvalue weighted by Gasteiger charge is -2.11. The van der Waals surface area contributed by atoms with Crippen LogP contribution in [0.15, 0.2) is 36.5 Å². The lowest BCUT2D eigenvalue weighted by atomic mass is 10.2. The number of anilines is 1. The van der Waals surface area contributed by atoms with Crippen molar-refractivity contribution in [1.82, 2.24) is 4.68 Å². The van der Waals surface area contributed by atoms with Gasteiger partial charge in [0.1, 0.15) is 5.69 Å². The Bertz CT molecular complexity index is 553. The van der Waals surface area contributed by atoms with Gasteiger partial charge in [-0.15, -0.1) is 4.68 Å². The number of hydrogen-bond donors (Lipinski definition) is 0. The molecule has 0 saturated carbocycles. The van der Waals surface area contributed by atoms with E-state index >= 15 is 0 Å². The molecule has 0 bridgehead atoms. The molecule has 102 valence electrons. The topological polar surface area (TPSA) is 12.1 Å². The average molecular weight is 369 g/mol. The number of nitrogens with zero attached hydrogens (tertiary/aromatic N) is 3. The van der Waals surface area contributed by atoms with Gasteiger partial charge in [0, 0.05) is 25.8 Å². The first-order valence-corrected chi connectivity index (χ1v) is 6.05. The van der Waals surface area contributed by atoms with Crippen LogP contribution in [-0.4, -0.2) is 18.8 Å². The lowest BCUT2D eigenvalue weighted by Crippen LogP contribution is -3.00. The zero-order valence-electron chi connectivity index (χ0n) is 11.8. The molecule has 0 unspecified atom stereocenters. The summed E-state index contributed by atoms with van der Waals surface area (Å²) in [4.78, 5) is 2.10. The van der Waals surface area contributed by atoms with Crippen LogP contribution in [-0.2, 0) is 14.1 Å². The molecule has 1 heterocycles. The molecule has 1 aromatic heterocycles. The molecule has 1 aromatic carbocycles. The Kier molecular flexibility index (Phi) is 5.60. The van der Waals surface area contributed by atoms with Gasteiger partial charge >= 0.3 is 0 Å². The maximum Gasteiger partial charge on any atom is 0.195 e. The van der Waals surface area contributed by atoms with Crippen molar-refractivity contribution in [3.05, 3.63) is 47.8 Å². The smallest absolute Gasteiger partial charge is 0.195 e. The van der Waals surface area contributed by atoms with E-state index < -0.39 is 0 Å². The second-order valence-corrected chi connectivity index (χ2v) is 4.66. The van der Waals surface area contributed by atoms with Crippen molar-refractivity contribution in [2.75, 3.05) is 19.0 Å². The molecule has 0 saturated heterocycles. The van der Waals surface area contributed by atoms with Crippen molar-refractivity contribution >= 4 is 17.8 Å². The van der Waals surface area contributed by atoms with Gasteiger partial charge in [-0.25, -0.2) is 0 Å². The number of aryl methyl sites for hydroxylation is 1. The molecule has 0 N–H and O–H groups in total. The number of rotatable bonds is 3. The fourth-order valence-corrected chi connectivity index (χ4v) is 1.80. The molecule has 0 aliphatic heterocycles. The zero-order valence-corrected chi connectivity index (χ0v) is 14.0. The van der Waals surface area contributed by atoms with Gasteiger partial charge in [0.2, 0.25) is 0 Å². The van der Waals surface area contributed by atoms with E-state index in [0.29, 0.717) is 0 Å². The van der Waals surface area contributed by atoms with Gasteiger partial charge in [0.25, 0.3) is 0 Å². The van der Waals surface area contributed by atoms with Gasteiger partial charge < -0.3 is 28.9 Å². The molecule has 4 heteroatoms. The minimum Gasteiger partial charge on any atom is -1.00 e. The van der Waals surface area contributed by atoms with Crippen LogP contribution in [0.3, 0.4) is 0 Å². The molecule has 0 aliphatic carbocycles. The molecule has 3 nitrogen and oxygen atoms in total. The third kappa shape index (κ3) is 3.83. The monoisotopic (exact) mass is 369 g/mol. The van der Waals surface area contributed by atoms with Crippen molar-refractivity contribution in [3.8, 4) is 0 Å². The summed E-state index contributed by atoms with van der Waals surface area (Å²) in [7, 11) is 8.18. The maximum absolute atomic E-state index is 2.13. The highest BCUT2D eigenvalue weighted by atomic mass is 127. The van der Waals surface area contributed by atoms with Gasteiger partial charge in [-0.2, -0.15) is 4.68 Å². The highest BCUT2D eigenvalue weighted by Crippen LogP contribution is 2.14. The Morgan fingerprint density at radius 3 is 2.16 bits per heavy atom. The number of aromatic nitrogens is 2. The van der Waals surface area contributed by atoms with E-state index in [1.165, 1.54) is 16.9 Å². The van der Waals surface area contributed by atoms with E-state index in [1.54, 1.807) is 0 Å². The first-order chi connectivity index (χ1) is 8.58. The second kappa shape index (κ2) is 6.75. The highest BCUT2D eigenvalue weighted by Gasteiger charge is 2.02. The number of hydrogen-bond acceptors (Lipinski definition) is 1. The Morgan fingerprint density at radius 1 is 1.05 bits per heavy atom. The van der Waals surface area contributed by atoms with Crippen LogP contribution < -0.4 is 33.6 Å². The predicted molar refractivity (Wildman–Crippen MR) is 76.3 cm³/mol. The Morgan fingerprint density at radius 2 is 1.68 bits per heavy atom. The van der Waals surface area contributed by atoms with Crippen LogP contribution in [0.1, 0.15) is 11.3 Å². The summed E-state index contributed by atoms with van der Waals surface area (Å²) in [6, 6.07) is 10.6. The summed E-state index contributed by atoms with van der Waals surface area (Å²) in [6.45, 7) is 0. The van der Waals surface area contributed by atoms with Gasteiger partial charge in [-0.1, -0.05) is 18.2 Å². The Hall–Kier alpha value is -1.30. The van der Waals surface area contributed by atoms with Crippen LogP contribution >= 0.6 is 0 Å². The first kappa shape index (κ1) is 15.8. The molecule has 2 rings (SSSR count). The largest absolute Gasteiger partial charge is 1.00 e. The molecule has 19 heavy (non-hydrogen) atoms. The van der Waals surface area contributed by atoms with E-state index in [1.807, 2.05) is 7.05 Å². The first-order valence-electron chi connectivity index (χ1n) is 6.05. The molecule has 0 amide bonds. The second-order valence-electron chi connectivity index (χ2n) is 4.66. The predicted octanol–water partition coefficient (Wildman–Crippen LogP) is -0.910. The van der Waals surface area contributed by atoms with Crippen molar-refractivity contribution in [1.29, 1.82) is 0 Å². The molecule has 0 radical (unpaired) electrons. The van der Waals surface area contributed by atoms with Crippen LogP contribution in [0.5, 0.6) is 0 Å². The summed E-state index contributed by atoms with van der Waals surface area (Å²) < 4.78 is 4.15. The molecule has 0 spiro atoms. The average Bonchev–Trinajstić information content (AvgIpc) is 2.68. The summed E-state index contributed by atoms with van der Waals surface area (Å²) in [5.41, 5.74) is 3.62. The standard InChI is InChI=1S/C15H20N3.HI/c1-16(2)14-8-5-13(6-9-14)7-10-15-11-12-17(3)18(15)4;/h5-12H,1-4H3;1H/q+1;/p-1. The Balaban J connectivity index is 0.00000180. The summed E-state index contributed by atoms with van der Waals surface area (Å²) in [6.07, 6.45) is 6.31. The van der Waals surface area contributed by atoms with E-state index in [2.05, 4.69) is 84.1 Å². The van der Waals surface area contributed by atoms with Crippen molar-refractivity contribution < 1.29 is 28.7 Å². The van der Waals surface area contributed by atoms with E-state index in [0.717, 1.165) is 0 Å².